The number of aliphatic hydroxyl groups is 2. The van der Waals surface area contributed by atoms with Crippen LogP contribution in [0.3, 0.4) is 0 Å². The minimum atomic E-state index is -1.07. The fraction of sp³-hybridized carbons (Fsp3) is 0.409. The van der Waals surface area contributed by atoms with Crippen LogP contribution in [-0.2, 0) is 12.8 Å². The van der Waals surface area contributed by atoms with E-state index in [1.807, 2.05) is 32.9 Å². The molecule has 0 unspecified atom stereocenters. The van der Waals surface area contributed by atoms with Crippen LogP contribution in [0.2, 0.25) is 0 Å². The Bertz CT molecular complexity index is 752. The fourth-order valence-corrected chi connectivity index (χ4v) is 2.48. The molecule has 1 atom stereocenters. The van der Waals surface area contributed by atoms with Crippen molar-refractivity contribution in [2.75, 3.05) is 6.61 Å². The summed E-state index contributed by atoms with van der Waals surface area (Å²) in [5.41, 5.74) is 3.73. The van der Waals surface area contributed by atoms with E-state index in [4.69, 9.17) is 5.11 Å². The molecular weight excluding hydrogens is 344 g/mol. The number of hydrogen-bond acceptors (Lipinski definition) is 4. The Labute approximate surface area is 161 Å². The molecule has 1 aromatic rings. The van der Waals surface area contributed by atoms with Crippen LogP contribution in [0.15, 0.2) is 47.1 Å². The Morgan fingerprint density at radius 3 is 2.07 bits per heavy atom. The molecule has 0 aliphatic rings. The molecule has 0 aromatic heterocycles. The van der Waals surface area contributed by atoms with Crippen LogP contribution in [0.1, 0.15) is 55.6 Å². The molecule has 0 heterocycles. The first-order valence-corrected chi connectivity index (χ1v) is 8.98. The zero-order valence-corrected chi connectivity index (χ0v) is 16.5. The van der Waals surface area contributed by atoms with Crippen molar-refractivity contribution in [3.8, 4) is 5.75 Å². The Morgan fingerprint density at radius 1 is 1.04 bits per heavy atom. The number of benzene rings is 1. The molecule has 4 N–H and O–H groups in total. The van der Waals surface area contributed by atoms with Crippen LogP contribution in [0.25, 0.3) is 0 Å². The largest absolute Gasteiger partial charge is 0.507 e. The lowest BCUT2D eigenvalue weighted by molar-refractivity contribution is 0.0696. The summed E-state index contributed by atoms with van der Waals surface area (Å²) in [6, 6.07) is 2.90. The summed E-state index contributed by atoms with van der Waals surface area (Å²) >= 11 is 0. The topological polar surface area (TPSA) is 98.0 Å². The highest BCUT2D eigenvalue weighted by Gasteiger charge is 2.13. The lowest BCUT2D eigenvalue weighted by Gasteiger charge is -2.12. The van der Waals surface area contributed by atoms with Gasteiger partial charge in [0, 0.05) is 0 Å². The van der Waals surface area contributed by atoms with Crippen LogP contribution in [-0.4, -0.2) is 39.1 Å². The van der Waals surface area contributed by atoms with Gasteiger partial charge in [-0.1, -0.05) is 29.4 Å². The van der Waals surface area contributed by atoms with Crippen molar-refractivity contribution in [1.82, 2.24) is 0 Å². The van der Waals surface area contributed by atoms with E-state index >= 15 is 0 Å². The van der Waals surface area contributed by atoms with Crippen molar-refractivity contribution in [3.05, 3.63) is 63.8 Å². The number of phenols is 1. The van der Waals surface area contributed by atoms with Crippen LogP contribution in [0.5, 0.6) is 5.75 Å². The van der Waals surface area contributed by atoms with Crippen molar-refractivity contribution in [3.63, 3.8) is 0 Å². The normalized spacial score (nSPS) is 13.4. The molecule has 0 aliphatic heterocycles. The second-order valence-corrected chi connectivity index (χ2v) is 7.05. The van der Waals surface area contributed by atoms with Gasteiger partial charge in [-0.05, 0) is 75.8 Å². The highest BCUT2D eigenvalue weighted by Crippen LogP contribution is 2.27. The van der Waals surface area contributed by atoms with E-state index in [2.05, 4.69) is 0 Å². The molecule has 0 saturated heterocycles. The van der Waals surface area contributed by atoms with Crippen molar-refractivity contribution in [2.24, 2.45) is 0 Å². The molecule has 5 heteroatoms. The molecule has 27 heavy (non-hydrogen) atoms. The lowest BCUT2D eigenvalue weighted by Crippen LogP contribution is -2.07. The average Bonchev–Trinajstić information content (AvgIpc) is 2.63. The van der Waals surface area contributed by atoms with Crippen molar-refractivity contribution in [2.45, 2.75) is 53.1 Å². The molecule has 0 aliphatic carbocycles. The van der Waals surface area contributed by atoms with E-state index < -0.39 is 12.1 Å². The number of hydrogen-bond donors (Lipinski definition) is 4. The summed E-state index contributed by atoms with van der Waals surface area (Å²) in [7, 11) is 0. The summed E-state index contributed by atoms with van der Waals surface area (Å²) in [5.74, 6) is -1.02. The third-order valence-corrected chi connectivity index (χ3v) is 4.35. The first-order chi connectivity index (χ1) is 12.6. The zero-order valence-electron chi connectivity index (χ0n) is 16.5. The molecule has 0 amide bonds. The van der Waals surface area contributed by atoms with Crippen LogP contribution in [0.4, 0.5) is 0 Å². The predicted octanol–water partition coefficient (Wildman–Crippen LogP) is 3.78. The second-order valence-electron chi connectivity index (χ2n) is 7.05. The minimum Gasteiger partial charge on any atom is -0.507 e. The van der Waals surface area contributed by atoms with Gasteiger partial charge in [0.1, 0.15) is 5.75 Å². The Hall–Kier alpha value is -2.37. The first-order valence-electron chi connectivity index (χ1n) is 8.98. The van der Waals surface area contributed by atoms with Gasteiger partial charge in [0.15, 0.2) is 0 Å². The maximum Gasteiger partial charge on any atom is 0.335 e. The standard InChI is InChI=1S/C22H30O5/c1-14(2)5-10-20(24)16(4)7-9-18-12-19(22(26)27)11-17(21(18)25)8-6-15(3)13-23/h5-7,11-12,20,23-25H,8-10,13H2,1-4H3,(H,26,27)/t20-/m0/s1. The first kappa shape index (κ1) is 22.7. The molecule has 148 valence electrons. The predicted molar refractivity (Wildman–Crippen MR) is 107 cm³/mol. The molecule has 5 nitrogen and oxygen atoms in total. The highest BCUT2D eigenvalue weighted by atomic mass is 16.4. The number of carboxylic acid groups (broad SMARTS) is 1. The van der Waals surface area contributed by atoms with Crippen LogP contribution >= 0.6 is 0 Å². The SMILES string of the molecule is CC(C)=CC[C@H](O)C(C)=CCc1cc(C(=O)O)cc(CC=C(C)CO)c1O. The third-order valence-electron chi connectivity index (χ3n) is 4.35. The Balaban J connectivity index is 3.11. The van der Waals surface area contributed by atoms with Gasteiger partial charge in [-0.3, -0.25) is 0 Å². The van der Waals surface area contributed by atoms with Gasteiger partial charge < -0.3 is 20.4 Å². The number of aromatic hydroxyl groups is 1. The van der Waals surface area contributed by atoms with Crippen LogP contribution in [0, 0.1) is 0 Å². The summed E-state index contributed by atoms with van der Waals surface area (Å²) in [6.07, 6.45) is 6.08. The van der Waals surface area contributed by atoms with E-state index in [1.165, 1.54) is 12.1 Å². The second kappa shape index (κ2) is 10.7. The van der Waals surface area contributed by atoms with Gasteiger partial charge in [0.2, 0.25) is 0 Å². The molecule has 0 radical (unpaired) electrons. The number of aromatic carboxylic acids is 1. The summed E-state index contributed by atoms with van der Waals surface area (Å²) in [4.78, 5) is 11.4. The smallest absolute Gasteiger partial charge is 0.335 e. The number of phenolic OH excluding ortho intramolecular Hbond substituents is 1. The van der Waals surface area contributed by atoms with E-state index in [-0.39, 0.29) is 17.9 Å². The van der Waals surface area contributed by atoms with Gasteiger partial charge in [0.05, 0.1) is 18.3 Å². The van der Waals surface area contributed by atoms with Gasteiger partial charge in [0.25, 0.3) is 0 Å². The zero-order chi connectivity index (χ0) is 20.6. The molecule has 1 rings (SSSR count). The molecule has 0 saturated carbocycles. The summed E-state index contributed by atoms with van der Waals surface area (Å²) < 4.78 is 0. The summed E-state index contributed by atoms with van der Waals surface area (Å²) in [5, 5.41) is 39.1. The van der Waals surface area contributed by atoms with E-state index in [0.29, 0.717) is 30.4 Å². The van der Waals surface area contributed by atoms with Crippen molar-refractivity contribution < 1.29 is 25.2 Å². The van der Waals surface area contributed by atoms with E-state index in [1.54, 1.807) is 13.0 Å². The lowest BCUT2D eigenvalue weighted by atomic mass is 9.97. The number of allylic oxidation sites excluding steroid dienone is 3. The van der Waals surface area contributed by atoms with Gasteiger partial charge in [-0.25, -0.2) is 4.79 Å². The average molecular weight is 374 g/mol. The number of aliphatic hydroxyl groups excluding tert-OH is 2. The Morgan fingerprint density at radius 2 is 1.59 bits per heavy atom. The number of rotatable bonds is 9. The number of carboxylic acids is 1. The van der Waals surface area contributed by atoms with Gasteiger partial charge >= 0.3 is 5.97 Å². The molecule has 0 spiro atoms. The summed E-state index contributed by atoms with van der Waals surface area (Å²) in [6.45, 7) is 7.43. The monoisotopic (exact) mass is 374 g/mol. The van der Waals surface area contributed by atoms with E-state index in [0.717, 1.165) is 16.7 Å². The minimum absolute atomic E-state index is 0.0461. The fourth-order valence-electron chi connectivity index (χ4n) is 2.48. The highest BCUT2D eigenvalue weighted by molar-refractivity contribution is 5.88. The third kappa shape index (κ3) is 7.41. The van der Waals surface area contributed by atoms with Crippen molar-refractivity contribution in [1.29, 1.82) is 0 Å². The van der Waals surface area contributed by atoms with Crippen molar-refractivity contribution >= 4 is 5.97 Å². The maximum atomic E-state index is 11.4. The maximum absolute atomic E-state index is 11.4. The number of carbonyl (C=O) groups is 1. The molecule has 0 fully saturated rings. The van der Waals surface area contributed by atoms with Gasteiger partial charge in [-0.2, -0.15) is 0 Å². The molecule has 1 aromatic carbocycles. The van der Waals surface area contributed by atoms with Gasteiger partial charge in [-0.15, -0.1) is 0 Å². The quantitative estimate of drug-likeness (QED) is 0.493. The van der Waals surface area contributed by atoms with E-state index in [9.17, 15) is 20.1 Å². The Kier molecular flexibility index (Phi) is 8.98. The van der Waals surface area contributed by atoms with Crippen LogP contribution < -0.4 is 0 Å². The molecular formula is C22H30O5. The molecule has 0 bridgehead atoms.